The number of amides is 2. The number of ether oxygens (including phenoxy) is 1. The van der Waals surface area contributed by atoms with E-state index < -0.39 is 35.0 Å². The first kappa shape index (κ1) is 42.3. The molecule has 17 nitrogen and oxygen atoms in total. The van der Waals surface area contributed by atoms with Gasteiger partial charge in [-0.3, -0.25) is 19.4 Å². The fourth-order valence-corrected chi connectivity index (χ4v) is 7.58. The van der Waals surface area contributed by atoms with Gasteiger partial charge in [0.1, 0.15) is 47.0 Å². The van der Waals surface area contributed by atoms with E-state index in [0.29, 0.717) is 25.9 Å². The van der Waals surface area contributed by atoms with Crippen LogP contribution in [0.5, 0.6) is 0 Å². The molecular formula is C42H49F2N13O4. The number of esters is 1. The van der Waals surface area contributed by atoms with E-state index in [9.17, 15) is 23.2 Å². The van der Waals surface area contributed by atoms with Crippen LogP contribution < -0.4 is 26.2 Å². The third-order valence-electron chi connectivity index (χ3n) is 10.6. The zero-order valence-corrected chi connectivity index (χ0v) is 34.7. The topological polar surface area (TPSA) is 226 Å². The summed E-state index contributed by atoms with van der Waals surface area (Å²) < 4.78 is 33.4. The van der Waals surface area contributed by atoms with Gasteiger partial charge in [0.2, 0.25) is 0 Å². The molecule has 6 aromatic rings. The largest absolute Gasteiger partial charge is 0.460 e. The van der Waals surface area contributed by atoms with Gasteiger partial charge in [0.25, 0.3) is 11.8 Å². The van der Waals surface area contributed by atoms with Crippen LogP contribution in [0.4, 0.5) is 26.2 Å². The van der Waals surface area contributed by atoms with E-state index in [0.717, 1.165) is 83.2 Å². The Morgan fingerprint density at radius 1 is 0.738 bits per heavy atom. The summed E-state index contributed by atoms with van der Waals surface area (Å²) in [6.07, 6.45) is 11.6. The molecule has 61 heavy (non-hydrogen) atoms. The summed E-state index contributed by atoms with van der Waals surface area (Å²) in [7, 11) is 0. The predicted octanol–water partition coefficient (Wildman–Crippen LogP) is 4.86. The Hall–Kier alpha value is -6.79. The monoisotopic (exact) mass is 837 g/mol. The molecule has 0 unspecified atom stereocenters. The molecule has 0 bridgehead atoms. The lowest BCUT2D eigenvalue weighted by atomic mass is 10.0. The highest BCUT2D eigenvalue weighted by atomic mass is 19.1. The molecule has 320 valence electrons. The molecule has 19 heteroatoms. The fourth-order valence-electron chi connectivity index (χ4n) is 7.58. The van der Waals surface area contributed by atoms with Crippen molar-refractivity contribution in [3.8, 4) is 0 Å². The van der Waals surface area contributed by atoms with Crippen LogP contribution in [-0.2, 0) is 16.0 Å². The Bertz CT molecular complexity index is 2560. The highest BCUT2D eigenvalue weighted by molar-refractivity contribution is 5.96. The van der Waals surface area contributed by atoms with Crippen LogP contribution in [0.25, 0.3) is 22.1 Å². The molecule has 0 aromatic carbocycles. The highest BCUT2D eigenvalue weighted by Gasteiger charge is 2.27. The summed E-state index contributed by atoms with van der Waals surface area (Å²) in [4.78, 5) is 72.9. The van der Waals surface area contributed by atoms with Gasteiger partial charge < -0.3 is 40.9 Å². The maximum absolute atomic E-state index is 14.4. The first-order valence-corrected chi connectivity index (χ1v) is 20.1. The number of nitrogens with zero attached hydrogens (tertiary/aromatic N) is 8. The number of nitrogens with one attached hydrogen (secondary N) is 4. The second kappa shape index (κ2) is 17.8. The van der Waals surface area contributed by atoms with E-state index in [1.165, 1.54) is 12.1 Å². The van der Waals surface area contributed by atoms with Crippen LogP contribution in [0.15, 0.2) is 49.6 Å². The summed E-state index contributed by atoms with van der Waals surface area (Å²) in [5, 5.41) is 7.84. The summed E-state index contributed by atoms with van der Waals surface area (Å²) in [5.41, 5.74) is 8.79. The van der Waals surface area contributed by atoms with E-state index >= 15 is 0 Å². The molecule has 2 amide bonds. The Labute approximate surface area is 350 Å². The third kappa shape index (κ3) is 9.99. The quantitative estimate of drug-likeness (QED) is 0.129. The first-order valence-electron chi connectivity index (χ1n) is 20.1. The van der Waals surface area contributed by atoms with Gasteiger partial charge in [-0.1, -0.05) is 0 Å². The van der Waals surface area contributed by atoms with Crippen molar-refractivity contribution >= 4 is 57.3 Å². The van der Waals surface area contributed by atoms with Gasteiger partial charge >= 0.3 is 5.97 Å². The van der Waals surface area contributed by atoms with Gasteiger partial charge in [-0.05, 0) is 83.6 Å². The predicted molar refractivity (Wildman–Crippen MR) is 225 cm³/mol. The fraction of sp³-hybridized carbons (Fsp3) is 0.405. The summed E-state index contributed by atoms with van der Waals surface area (Å²) >= 11 is 0. The van der Waals surface area contributed by atoms with Crippen molar-refractivity contribution in [3.63, 3.8) is 0 Å². The number of nitrogen functional groups attached to an aromatic ring is 1. The van der Waals surface area contributed by atoms with E-state index in [1.807, 2.05) is 26.2 Å². The number of pyridine rings is 2. The summed E-state index contributed by atoms with van der Waals surface area (Å²) in [5.74, 6) is -0.981. The lowest BCUT2D eigenvalue weighted by Crippen LogP contribution is -2.45. The third-order valence-corrected chi connectivity index (χ3v) is 10.6. The average Bonchev–Trinajstić information content (AvgIpc) is 3.81. The minimum Gasteiger partial charge on any atom is -0.460 e. The van der Waals surface area contributed by atoms with E-state index in [-0.39, 0.29) is 41.1 Å². The van der Waals surface area contributed by atoms with E-state index in [4.69, 9.17) is 10.5 Å². The number of anilines is 3. The molecule has 0 radical (unpaired) electrons. The van der Waals surface area contributed by atoms with Gasteiger partial charge in [0.05, 0.1) is 46.4 Å². The lowest BCUT2D eigenvalue weighted by Gasteiger charge is -2.33. The molecular weight excluding hydrogens is 789 g/mol. The van der Waals surface area contributed by atoms with Crippen molar-refractivity contribution in [1.29, 1.82) is 0 Å². The minimum absolute atomic E-state index is 0.0350. The Morgan fingerprint density at radius 3 is 1.67 bits per heavy atom. The molecule has 2 saturated heterocycles. The molecule has 2 fully saturated rings. The van der Waals surface area contributed by atoms with Gasteiger partial charge in [0.15, 0.2) is 11.6 Å². The lowest BCUT2D eigenvalue weighted by molar-refractivity contribution is -0.154. The van der Waals surface area contributed by atoms with Crippen LogP contribution in [-0.4, -0.2) is 102 Å². The average molecular weight is 838 g/mol. The maximum atomic E-state index is 14.4. The molecule has 0 aliphatic carbocycles. The summed E-state index contributed by atoms with van der Waals surface area (Å²) in [6.45, 7) is 12.2. The Balaban J connectivity index is 0.000000189. The van der Waals surface area contributed by atoms with Crippen molar-refractivity contribution < 1.29 is 27.9 Å². The van der Waals surface area contributed by atoms with Crippen LogP contribution in [0, 0.1) is 25.5 Å². The normalized spacial score (nSPS) is 15.1. The second-order valence-corrected chi connectivity index (χ2v) is 16.3. The molecule has 0 atom stereocenters. The molecule has 0 spiro atoms. The van der Waals surface area contributed by atoms with Gasteiger partial charge in [0, 0.05) is 50.7 Å². The van der Waals surface area contributed by atoms with Gasteiger partial charge in [-0.25, -0.2) is 33.7 Å². The molecule has 8 heterocycles. The number of aryl methyl sites for hydroxylation is 2. The van der Waals surface area contributed by atoms with Crippen LogP contribution >= 0.6 is 0 Å². The first-order chi connectivity index (χ1) is 29.1. The number of nitrogens with two attached hydrogens (primary N) is 1. The van der Waals surface area contributed by atoms with Crippen molar-refractivity contribution in [2.75, 3.05) is 41.7 Å². The number of rotatable bonds is 8. The van der Waals surface area contributed by atoms with Crippen LogP contribution in [0.2, 0.25) is 0 Å². The number of hydrogen-bond acceptors (Lipinski definition) is 13. The molecule has 0 saturated carbocycles. The highest BCUT2D eigenvalue weighted by Crippen LogP contribution is 2.29. The zero-order valence-electron chi connectivity index (χ0n) is 34.7. The number of aromatic nitrogens is 8. The van der Waals surface area contributed by atoms with Crippen molar-refractivity contribution in [1.82, 2.24) is 50.5 Å². The number of H-pyrrole nitrogens is 2. The molecule has 6 N–H and O–H groups in total. The van der Waals surface area contributed by atoms with E-state index in [2.05, 4.69) is 60.3 Å². The SMILES string of the molecule is Cc1c[nH]c2ncnc(N3CCC(NC(=O)c4cc(CC(=O)OC(C)(C)C)ncc4F)CC3)c12.Cc1c[nH]c2ncnc(N3CCC(NC(=O)c4cc(N)ncc4F)CC3)c12. The zero-order chi connectivity index (χ0) is 43.4. The molecule has 2 aliphatic rings. The standard InChI is InChI=1S/C24H29FN6O3.C18H20FN7O/c1-14-11-27-21-20(14)22(29-13-28-21)31-7-5-15(6-8-31)30-23(33)17-9-16(26-12-18(17)25)10-19(32)34-24(2,3)4;1-10-7-22-16-15(10)17(24-9-23-16)26-4-2-11(3-5-26)25-18(27)12-6-14(20)21-8-13(12)19/h9,11-13,15H,5-8,10H2,1-4H3,(H,30,33)(H,27,28,29);6-9,11H,2-5H2,1H3,(H2,20,21)(H,25,27)(H,22,23,24). The molecule has 8 rings (SSSR count). The van der Waals surface area contributed by atoms with Crippen molar-refractivity contribution in [2.24, 2.45) is 0 Å². The number of fused-ring (bicyclic) bond motifs is 2. The van der Waals surface area contributed by atoms with Crippen molar-refractivity contribution in [2.45, 2.75) is 84.4 Å². The number of halogens is 2. The van der Waals surface area contributed by atoms with Crippen molar-refractivity contribution in [3.05, 3.63) is 89.2 Å². The van der Waals surface area contributed by atoms with Gasteiger partial charge in [-0.2, -0.15) is 0 Å². The molecule has 2 aliphatic heterocycles. The smallest absolute Gasteiger partial charge is 0.312 e. The number of piperidine rings is 2. The van der Waals surface area contributed by atoms with Gasteiger partial charge in [-0.15, -0.1) is 0 Å². The number of carbonyl (C=O) groups excluding carboxylic acids is 3. The second-order valence-electron chi connectivity index (χ2n) is 16.3. The van der Waals surface area contributed by atoms with E-state index in [1.54, 1.807) is 33.4 Å². The maximum Gasteiger partial charge on any atom is 0.312 e. The minimum atomic E-state index is -0.728. The Morgan fingerprint density at radius 2 is 1.20 bits per heavy atom. The summed E-state index contributed by atoms with van der Waals surface area (Å²) in [6, 6.07) is 2.43. The van der Waals surface area contributed by atoms with Crippen LogP contribution in [0.1, 0.15) is 84.0 Å². The number of aromatic amines is 2. The molecule has 6 aromatic heterocycles. The Kier molecular flexibility index (Phi) is 12.4. The van der Waals surface area contributed by atoms with Crippen LogP contribution in [0.3, 0.4) is 0 Å². The number of carbonyl (C=O) groups is 3. The number of hydrogen-bond donors (Lipinski definition) is 5.